The second-order valence-electron chi connectivity index (χ2n) is 5.08. The molecule has 1 rings (SSSR count). The summed E-state index contributed by atoms with van der Waals surface area (Å²) in [6.45, 7) is 2.37. The van der Waals surface area contributed by atoms with Gasteiger partial charge < -0.3 is 15.1 Å². The maximum absolute atomic E-state index is 3.39. The first kappa shape index (κ1) is 12.9. The van der Waals surface area contributed by atoms with Crippen molar-refractivity contribution in [3.8, 4) is 0 Å². The van der Waals surface area contributed by atoms with Crippen LogP contribution in [0.3, 0.4) is 0 Å². The van der Waals surface area contributed by atoms with Crippen molar-refractivity contribution >= 4 is 0 Å². The Morgan fingerprint density at radius 1 is 1.00 bits per heavy atom. The maximum atomic E-state index is 3.39. The molecule has 0 aliphatic heterocycles. The molecule has 15 heavy (non-hydrogen) atoms. The Kier molecular flexibility index (Phi) is 5.58. The molecule has 0 bridgehead atoms. The van der Waals surface area contributed by atoms with Gasteiger partial charge in [0.15, 0.2) is 0 Å². The van der Waals surface area contributed by atoms with Gasteiger partial charge in [0.1, 0.15) is 0 Å². The van der Waals surface area contributed by atoms with Crippen molar-refractivity contribution in [1.29, 1.82) is 0 Å². The minimum Gasteiger partial charge on any atom is -0.317 e. The lowest BCUT2D eigenvalue weighted by Crippen LogP contribution is -2.42. The van der Waals surface area contributed by atoms with Gasteiger partial charge in [-0.25, -0.2) is 0 Å². The molecule has 1 saturated carbocycles. The van der Waals surface area contributed by atoms with E-state index in [0.717, 1.165) is 12.1 Å². The fraction of sp³-hybridized carbons (Fsp3) is 1.00. The second kappa shape index (κ2) is 6.46. The van der Waals surface area contributed by atoms with Crippen molar-refractivity contribution < 1.29 is 0 Å². The van der Waals surface area contributed by atoms with Gasteiger partial charge in [0.2, 0.25) is 0 Å². The fourth-order valence-corrected chi connectivity index (χ4v) is 2.35. The van der Waals surface area contributed by atoms with Crippen LogP contribution in [-0.4, -0.2) is 63.2 Å². The topological polar surface area (TPSA) is 18.5 Å². The zero-order valence-electron chi connectivity index (χ0n) is 10.8. The predicted octanol–water partition coefficient (Wildman–Crippen LogP) is 1.01. The van der Waals surface area contributed by atoms with Gasteiger partial charge >= 0.3 is 0 Å². The molecule has 1 fully saturated rings. The Balaban J connectivity index is 2.20. The van der Waals surface area contributed by atoms with Crippen LogP contribution < -0.4 is 5.32 Å². The Morgan fingerprint density at radius 2 is 1.60 bits per heavy atom. The van der Waals surface area contributed by atoms with Crippen LogP contribution in [0.25, 0.3) is 0 Å². The van der Waals surface area contributed by atoms with E-state index in [1.165, 1.54) is 38.8 Å². The zero-order valence-corrected chi connectivity index (χ0v) is 10.8. The highest BCUT2D eigenvalue weighted by Gasteiger charge is 2.22. The minimum atomic E-state index is 0.767. The van der Waals surface area contributed by atoms with E-state index in [1.807, 2.05) is 0 Å². The van der Waals surface area contributed by atoms with E-state index in [9.17, 15) is 0 Å². The van der Waals surface area contributed by atoms with Crippen molar-refractivity contribution in [3.05, 3.63) is 0 Å². The molecule has 0 atom stereocenters. The zero-order chi connectivity index (χ0) is 11.3. The van der Waals surface area contributed by atoms with Gasteiger partial charge in [-0.05, 0) is 53.9 Å². The highest BCUT2D eigenvalue weighted by Crippen LogP contribution is 2.21. The summed E-state index contributed by atoms with van der Waals surface area (Å²) in [6.07, 6.45) is 5.39. The fourth-order valence-electron chi connectivity index (χ4n) is 2.35. The van der Waals surface area contributed by atoms with Crippen molar-refractivity contribution in [3.63, 3.8) is 0 Å². The van der Waals surface area contributed by atoms with Crippen LogP contribution in [0.5, 0.6) is 0 Å². The third-order valence-corrected chi connectivity index (χ3v) is 3.63. The van der Waals surface area contributed by atoms with Crippen molar-refractivity contribution in [1.82, 2.24) is 15.1 Å². The van der Waals surface area contributed by atoms with E-state index in [4.69, 9.17) is 0 Å². The number of nitrogens with zero attached hydrogens (tertiary/aromatic N) is 2. The molecule has 0 aromatic heterocycles. The quantitative estimate of drug-likeness (QED) is 0.735. The van der Waals surface area contributed by atoms with Gasteiger partial charge in [-0.2, -0.15) is 0 Å². The first-order valence-electron chi connectivity index (χ1n) is 6.15. The molecule has 0 unspecified atom stereocenters. The molecule has 90 valence electrons. The third kappa shape index (κ3) is 4.49. The SMILES string of the molecule is CNC1CCC(N(C)CCN(C)C)CC1. The van der Waals surface area contributed by atoms with Gasteiger partial charge in [-0.1, -0.05) is 0 Å². The molecule has 1 aliphatic carbocycles. The molecule has 0 aromatic carbocycles. The maximum Gasteiger partial charge on any atom is 0.0109 e. The van der Waals surface area contributed by atoms with E-state index in [0.29, 0.717) is 0 Å². The van der Waals surface area contributed by atoms with Crippen molar-refractivity contribution in [2.24, 2.45) is 0 Å². The molecule has 0 heterocycles. The summed E-state index contributed by atoms with van der Waals surface area (Å²) >= 11 is 0. The van der Waals surface area contributed by atoms with Crippen LogP contribution in [0, 0.1) is 0 Å². The monoisotopic (exact) mass is 213 g/mol. The van der Waals surface area contributed by atoms with E-state index in [1.54, 1.807) is 0 Å². The lowest BCUT2D eigenvalue weighted by molar-refractivity contribution is 0.164. The number of hydrogen-bond donors (Lipinski definition) is 1. The first-order valence-corrected chi connectivity index (χ1v) is 6.15. The van der Waals surface area contributed by atoms with Gasteiger partial charge in [0.05, 0.1) is 0 Å². The van der Waals surface area contributed by atoms with Crippen LogP contribution in [0.15, 0.2) is 0 Å². The summed E-state index contributed by atoms with van der Waals surface area (Å²) in [5.74, 6) is 0. The van der Waals surface area contributed by atoms with Crippen LogP contribution in [-0.2, 0) is 0 Å². The van der Waals surface area contributed by atoms with Crippen LogP contribution in [0.1, 0.15) is 25.7 Å². The Morgan fingerprint density at radius 3 is 2.07 bits per heavy atom. The second-order valence-corrected chi connectivity index (χ2v) is 5.08. The molecule has 0 amide bonds. The lowest BCUT2D eigenvalue weighted by atomic mass is 9.90. The van der Waals surface area contributed by atoms with Gasteiger partial charge in [-0.15, -0.1) is 0 Å². The molecule has 0 aromatic rings. The van der Waals surface area contributed by atoms with Crippen LogP contribution in [0.2, 0.25) is 0 Å². The van der Waals surface area contributed by atoms with Gasteiger partial charge in [-0.3, -0.25) is 0 Å². The molecular weight excluding hydrogens is 186 g/mol. The molecule has 3 heteroatoms. The highest BCUT2D eigenvalue weighted by atomic mass is 15.2. The summed E-state index contributed by atoms with van der Waals surface area (Å²) < 4.78 is 0. The highest BCUT2D eigenvalue weighted by molar-refractivity contribution is 4.81. The smallest absolute Gasteiger partial charge is 0.0109 e. The number of likely N-dealkylation sites (N-methyl/N-ethyl adjacent to an activating group) is 2. The predicted molar refractivity (Wildman–Crippen MR) is 66.3 cm³/mol. The average molecular weight is 213 g/mol. The minimum absolute atomic E-state index is 0.767. The van der Waals surface area contributed by atoms with E-state index in [-0.39, 0.29) is 0 Å². The number of nitrogens with one attached hydrogen (secondary N) is 1. The molecule has 1 aliphatic rings. The summed E-state index contributed by atoms with van der Waals surface area (Å²) in [5, 5.41) is 3.39. The summed E-state index contributed by atoms with van der Waals surface area (Å²) in [6, 6.07) is 1.58. The third-order valence-electron chi connectivity index (χ3n) is 3.63. The molecule has 1 N–H and O–H groups in total. The Labute approximate surface area is 94.8 Å². The van der Waals surface area contributed by atoms with E-state index >= 15 is 0 Å². The van der Waals surface area contributed by atoms with Gasteiger partial charge in [0, 0.05) is 25.2 Å². The Bertz CT molecular complexity index is 162. The van der Waals surface area contributed by atoms with Crippen molar-refractivity contribution in [2.75, 3.05) is 41.3 Å². The lowest BCUT2D eigenvalue weighted by Gasteiger charge is -2.35. The number of rotatable bonds is 5. The first-order chi connectivity index (χ1) is 7.13. The molecular formula is C12H27N3. The largest absolute Gasteiger partial charge is 0.317 e. The standard InChI is InChI=1S/C12H27N3/c1-13-11-5-7-12(8-6-11)15(4)10-9-14(2)3/h11-13H,5-10H2,1-4H3. The van der Waals surface area contributed by atoms with E-state index in [2.05, 4.69) is 43.3 Å². The number of hydrogen-bond acceptors (Lipinski definition) is 3. The van der Waals surface area contributed by atoms with E-state index < -0.39 is 0 Å². The van der Waals surface area contributed by atoms with Crippen molar-refractivity contribution in [2.45, 2.75) is 37.8 Å². The van der Waals surface area contributed by atoms with Gasteiger partial charge in [0.25, 0.3) is 0 Å². The Hall–Kier alpha value is -0.120. The molecule has 0 radical (unpaired) electrons. The van der Waals surface area contributed by atoms with Crippen LogP contribution >= 0.6 is 0 Å². The summed E-state index contributed by atoms with van der Waals surface area (Å²) in [5.41, 5.74) is 0. The average Bonchev–Trinajstić information content (AvgIpc) is 2.26. The molecule has 0 spiro atoms. The van der Waals surface area contributed by atoms with Crippen LogP contribution in [0.4, 0.5) is 0 Å². The molecule has 0 saturated heterocycles. The summed E-state index contributed by atoms with van der Waals surface area (Å²) in [7, 11) is 8.64. The summed E-state index contributed by atoms with van der Waals surface area (Å²) in [4.78, 5) is 4.79. The normalized spacial score (nSPS) is 27.6. The molecule has 3 nitrogen and oxygen atoms in total.